The molecule has 0 N–H and O–H groups in total. The maximum Gasteiger partial charge on any atom is 0.163 e. The lowest BCUT2D eigenvalue weighted by atomic mass is 9.89. The number of benzene rings is 2. The molecule has 0 fully saturated rings. The van der Waals surface area contributed by atoms with E-state index in [2.05, 4.69) is 0 Å². The summed E-state index contributed by atoms with van der Waals surface area (Å²) in [5.74, 6) is 0.111. The zero-order valence-electron chi connectivity index (χ0n) is 15.5. The summed E-state index contributed by atoms with van der Waals surface area (Å²) in [6, 6.07) is 16.1. The molecule has 0 aromatic heterocycles. The van der Waals surface area contributed by atoms with Crippen molar-refractivity contribution in [3.05, 3.63) is 83.0 Å². The lowest BCUT2D eigenvalue weighted by molar-refractivity contribution is -0.115. The molecule has 0 radical (unpaired) electrons. The van der Waals surface area contributed by atoms with Crippen LogP contribution < -0.4 is 0 Å². The van der Waals surface area contributed by atoms with Gasteiger partial charge in [-0.3, -0.25) is 9.59 Å². The van der Waals surface area contributed by atoms with Crippen molar-refractivity contribution in [3.8, 4) is 0 Å². The Hall–Kier alpha value is -2.59. The summed E-state index contributed by atoms with van der Waals surface area (Å²) in [6.45, 7) is 3.87. The van der Waals surface area contributed by atoms with Crippen LogP contribution in [0.1, 0.15) is 43.5 Å². The molecule has 1 atom stereocenters. The highest BCUT2D eigenvalue weighted by molar-refractivity contribution is 7.85. The number of carbonyl (C=O) groups excluding carboxylic acids is 2. The Morgan fingerprint density at radius 2 is 1.59 bits per heavy atom. The first kappa shape index (κ1) is 19.2. The second-order valence-corrected chi connectivity index (χ2v) is 8.26. The van der Waals surface area contributed by atoms with Crippen molar-refractivity contribution in [2.75, 3.05) is 0 Å². The van der Waals surface area contributed by atoms with E-state index in [0.29, 0.717) is 29.7 Å². The van der Waals surface area contributed by atoms with Crippen molar-refractivity contribution in [1.82, 2.24) is 0 Å². The fourth-order valence-electron chi connectivity index (χ4n) is 3.25. The minimum Gasteiger partial charge on any atom is -0.294 e. The monoisotopic (exact) mass is 378 g/mol. The van der Waals surface area contributed by atoms with Gasteiger partial charge < -0.3 is 0 Å². The van der Waals surface area contributed by atoms with Gasteiger partial charge in [0.25, 0.3) is 0 Å². The highest BCUT2D eigenvalue weighted by atomic mass is 32.2. The Bertz CT molecular complexity index is 951. The molecule has 0 amide bonds. The van der Waals surface area contributed by atoms with Gasteiger partial charge in [-0.25, -0.2) is 4.21 Å². The van der Waals surface area contributed by atoms with E-state index in [-0.39, 0.29) is 11.6 Å². The summed E-state index contributed by atoms with van der Waals surface area (Å²) < 4.78 is 12.5. The highest BCUT2D eigenvalue weighted by Gasteiger charge is 2.19. The summed E-state index contributed by atoms with van der Waals surface area (Å²) in [4.78, 5) is 26.1. The largest absolute Gasteiger partial charge is 0.294 e. The van der Waals surface area contributed by atoms with Crippen LogP contribution in [0.4, 0.5) is 0 Å². The molecule has 0 saturated heterocycles. The molecule has 1 unspecified atom stereocenters. The molecule has 0 spiro atoms. The Balaban J connectivity index is 1.67. The van der Waals surface area contributed by atoms with Crippen LogP contribution in [0.2, 0.25) is 0 Å². The molecule has 0 aliphatic heterocycles. The molecule has 0 heterocycles. The third-order valence-corrected chi connectivity index (χ3v) is 6.07. The number of ketones is 2. The Morgan fingerprint density at radius 1 is 0.963 bits per heavy atom. The van der Waals surface area contributed by atoms with Gasteiger partial charge in [0, 0.05) is 28.2 Å². The second kappa shape index (κ2) is 8.40. The van der Waals surface area contributed by atoms with Crippen molar-refractivity contribution in [2.24, 2.45) is 0 Å². The average Bonchev–Trinajstić information content (AvgIpc) is 2.67. The molecule has 0 bridgehead atoms. The predicted octanol–water partition coefficient (Wildman–Crippen LogP) is 5.05. The summed E-state index contributed by atoms with van der Waals surface area (Å²) in [5, 5.41) is 0. The summed E-state index contributed by atoms with van der Waals surface area (Å²) in [7, 11) is -1.26. The third kappa shape index (κ3) is 4.58. The minimum absolute atomic E-state index is 0.00795. The zero-order valence-corrected chi connectivity index (χ0v) is 16.3. The van der Waals surface area contributed by atoms with Crippen molar-refractivity contribution >= 4 is 22.4 Å². The first-order valence-electron chi connectivity index (χ1n) is 8.96. The van der Waals surface area contributed by atoms with Crippen LogP contribution in [0.15, 0.2) is 87.2 Å². The smallest absolute Gasteiger partial charge is 0.163 e. The average molecular weight is 378 g/mol. The lowest BCUT2D eigenvalue weighted by Gasteiger charge is -2.15. The van der Waals surface area contributed by atoms with Crippen molar-refractivity contribution in [3.63, 3.8) is 0 Å². The molecule has 1 aliphatic carbocycles. The van der Waals surface area contributed by atoms with Gasteiger partial charge in [0.15, 0.2) is 11.6 Å². The molecule has 27 heavy (non-hydrogen) atoms. The topological polar surface area (TPSA) is 51.2 Å². The molecule has 138 valence electrons. The van der Waals surface area contributed by atoms with E-state index in [0.717, 1.165) is 21.6 Å². The van der Waals surface area contributed by atoms with Crippen molar-refractivity contribution in [1.29, 1.82) is 0 Å². The molecule has 2 aromatic carbocycles. The molecule has 3 nitrogen and oxygen atoms in total. The summed E-state index contributed by atoms with van der Waals surface area (Å²) >= 11 is 0. The maximum absolute atomic E-state index is 12.5. The highest BCUT2D eigenvalue weighted by Crippen LogP contribution is 2.25. The van der Waals surface area contributed by atoms with E-state index in [9.17, 15) is 13.8 Å². The number of rotatable bonds is 6. The summed E-state index contributed by atoms with van der Waals surface area (Å²) in [5.41, 5.74) is 3.37. The van der Waals surface area contributed by atoms with Gasteiger partial charge in [-0.2, -0.15) is 0 Å². The number of allylic oxidation sites excluding steroid dienone is 4. The quantitative estimate of drug-likeness (QED) is 0.661. The van der Waals surface area contributed by atoms with Crippen LogP contribution in [0.3, 0.4) is 0 Å². The van der Waals surface area contributed by atoms with Gasteiger partial charge in [-0.1, -0.05) is 42.0 Å². The first-order valence-corrected chi connectivity index (χ1v) is 10.1. The lowest BCUT2D eigenvalue weighted by Crippen LogP contribution is -2.11. The fourth-order valence-corrected chi connectivity index (χ4v) is 4.31. The van der Waals surface area contributed by atoms with Crippen LogP contribution in [0, 0.1) is 0 Å². The van der Waals surface area contributed by atoms with Crippen LogP contribution in [-0.4, -0.2) is 15.8 Å². The normalized spacial score (nSPS) is 15.5. The van der Waals surface area contributed by atoms with E-state index >= 15 is 0 Å². The molecule has 0 saturated carbocycles. The first-order chi connectivity index (χ1) is 13.0. The minimum atomic E-state index is -1.26. The molecular formula is C23H22O3S. The zero-order chi connectivity index (χ0) is 19.4. The number of carbonyl (C=O) groups is 2. The standard InChI is InChI=1S/C23H22O3S/c1-16-14-17(2)21(23(25)15-16)12-13-22(24)18-8-10-20(11-9-18)27(26)19-6-4-3-5-7-19/h3-11,14H,12-13,15H2,1-2H3. The molecule has 2 aromatic rings. The van der Waals surface area contributed by atoms with Gasteiger partial charge in [0.1, 0.15) is 0 Å². The predicted molar refractivity (Wildman–Crippen MR) is 107 cm³/mol. The maximum atomic E-state index is 12.5. The molecular weight excluding hydrogens is 356 g/mol. The molecule has 3 rings (SSSR count). The third-order valence-electron chi connectivity index (χ3n) is 4.66. The van der Waals surface area contributed by atoms with E-state index < -0.39 is 10.8 Å². The fraction of sp³-hybridized carbons (Fsp3) is 0.217. The van der Waals surface area contributed by atoms with Gasteiger partial charge >= 0.3 is 0 Å². The van der Waals surface area contributed by atoms with Crippen LogP contribution >= 0.6 is 0 Å². The summed E-state index contributed by atoms with van der Waals surface area (Å²) in [6.07, 6.45) is 3.23. The number of hydrogen-bond donors (Lipinski definition) is 0. The van der Waals surface area contributed by atoms with Crippen LogP contribution in [0.5, 0.6) is 0 Å². The van der Waals surface area contributed by atoms with Crippen LogP contribution in [0.25, 0.3) is 0 Å². The second-order valence-electron chi connectivity index (χ2n) is 6.78. The Kier molecular flexibility index (Phi) is 5.97. The van der Waals surface area contributed by atoms with Gasteiger partial charge in [-0.15, -0.1) is 0 Å². The number of Topliss-reactive ketones (excluding diaryl/α,β-unsaturated/α-hetero) is 2. The Labute approximate surface area is 162 Å². The van der Waals surface area contributed by atoms with Gasteiger partial charge in [0.2, 0.25) is 0 Å². The van der Waals surface area contributed by atoms with E-state index in [1.54, 1.807) is 24.3 Å². The number of hydrogen-bond acceptors (Lipinski definition) is 3. The molecule has 1 aliphatic rings. The van der Waals surface area contributed by atoms with Crippen LogP contribution in [-0.2, 0) is 15.6 Å². The van der Waals surface area contributed by atoms with Crippen molar-refractivity contribution < 1.29 is 13.8 Å². The van der Waals surface area contributed by atoms with E-state index in [1.165, 1.54) is 0 Å². The Morgan fingerprint density at radius 3 is 2.22 bits per heavy atom. The SMILES string of the molecule is CC1=CC(C)=C(CCC(=O)c2ccc(S(=O)c3ccccc3)cc2)C(=O)C1. The van der Waals surface area contributed by atoms with E-state index in [4.69, 9.17) is 0 Å². The molecule has 4 heteroatoms. The van der Waals surface area contributed by atoms with Crippen molar-refractivity contribution in [2.45, 2.75) is 42.9 Å². The van der Waals surface area contributed by atoms with Gasteiger partial charge in [-0.05, 0) is 55.7 Å². The van der Waals surface area contributed by atoms with E-state index in [1.807, 2.05) is 50.3 Å². The van der Waals surface area contributed by atoms with Gasteiger partial charge in [0.05, 0.1) is 10.8 Å².